The van der Waals surface area contributed by atoms with Crippen molar-refractivity contribution in [2.75, 3.05) is 5.32 Å². The lowest BCUT2D eigenvalue weighted by atomic mass is 10.4. The highest BCUT2D eigenvalue weighted by molar-refractivity contribution is 6.29. The van der Waals surface area contributed by atoms with Gasteiger partial charge < -0.3 is 5.32 Å². The van der Waals surface area contributed by atoms with Gasteiger partial charge in [0.15, 0.2) is 10.8 Å². The molecule has 3 heterocycles. The molecule has 0 spiro atoms. The summed E-state index contributed by atoms with van der Waals surface area (Å²) in [5.74, 6) is 0. The Bertz CT molecular complexity index is 730. The third-order valence-electron chi connectivity index (χ3n) is 2.99. The lowest BCUT2D eigenvalue weighted by Gasteiger charge is -2.08. The second-order valence-corrected chi connectivity index (χ2v) is 4.70. The molecule has 3 aromatic heterocycles. The van der Waals surface area contributed by atoms with E-state index in [9.17, 15) is 0 Å². The Hall–Kier alpha value is -2.08. The van der Waals surface area contributed by atoms with Crippen LogP contribution in [0.2, 0.25) is 5.15 Å². The number of aromatic nitrogens is 5. The predicted octanol–water partition coefficient (Wildman–Crippen LogP) is 3.06. The molecule has 3 rings (SSSR count). The fourth-order valence-corrected chi connectivity index (χ4v) is 2.12. The van der Waals surface area contributed by atoms with Gasteiger partial charge in [-0.25, -0.2) is 9.50 Å². The third kappa shape index (κ3) is 3.16. The molecule has 0 saturated heterocycles. The Morgan fingerprint density at radius 1 is 1.33 bits per heavy atom. The molecule has 1 N–H and O–H groups in total. The molecule has 0 aromatic carbocycles. The van der Waals surface area contributed by atoms with Crippen LogP contribution < -0.4 is 5.32 Å². The maximum Gasteiger partial charge on any atom is 0.177 e. The largest absolute Gasteiger partial charge is 0.376 e. The molecule has 6 nitrogen and oxygen atoms in total. The van der Waals surface area contributed by atoms with Gasteiger partial charge in [0.25, 0.3) is 0 Å². The molecule has 0 saturated carbocycles. The average molecular weight is 307 g/mol. The highest BCUT2D eigenvalue weighted by Gasteiger charge is 2.09. The fraction of sp³-hybridized carbons (Fsp3) is 0.357. The molecule has 7 heteroatoms. The molecule has 0 unspecified atom stereocenters. The van der Waals surface area contributed by atoms with Crippen LogP contribution in [0.1, 0.15) is 25.2 Å². The Morgan fingerprint density at radius 2 is 2.10 bits per heavy atom. The van der Waals surface area contributed by atoms with E-state index in [1.165, 1.54) is 0 Å². The molecule has 0 radical (unpaired) electrons. The molecular formula is C14H19ClN6. The van der Waals surface area contributed by atoms with Crippen LogP contribution in [0.25, 0.3) is 5.65 Å². The van der Waals surface area contributed by atoms with Crippen molar-refractivity contribution in [3.63, 3.8) is 0 Å². The molecule has 3 aromatic rings. The van der Waals surface area contributed by atoms with Crippen LogP contribution in [0.3, 0.4) is 0 Å². The smallest absolute Gasteiger partial charge is 0.177 e. The lowest BCUT2D eigenvalue weighted by molar-refractivity contribution is 0.720. The maximum absolute atomic E-state index is 6.03. The molecule has 0 bridgehead atoms. The Kier molecular flexibility index (Phi) is 4.80. The minimum Gasteiger partial charge on any atom is -0.376 e. The zero-order valence-corrected chi connectivity index (χ0v) is 13.4. The van der Waals surface area contributed by atoms with Crippen molar-refractivity contribution in [1.82, 2.24) is 24.4 Å². The Morgan fingerprint density at radius 3 is 2.76 bits per heavy atom. The molecule has 0 aliphatic heterocycles. The van der Waals surface area contributed by atoms with E-state index in [-0.39, 0.29) is 0 Å². The third-order valence-corrected chi connectivity index (χ3v) is 3.18. The number of fused-ring (bicyclic) bond motifs is 1. The van der Waals surface area contributed by atoms with Gasteiger partial charge in [0.1, 0.15) is 0 Å². The van der Waals surface area contributed by atoms with Gasteiger partial charge in [-0.1, -0.05) is 25.4 Å². The van der Waals surface area contributed by atoms with Crippen molar-refractivity contribution in [2.24, 2.45) is 7.05 Å². The monoisotopic (exact) mass is 306 g/mol. The Labute approximate surface area is 128 Å². The number of anilines is 1. The second-order valence-electron chi connectivity index (χ2n) is 4.32. The van der Waals surface area contributed by atoms with Crippen LogP contribution in [0.4, 0.5) is 5.69 Å². The van der Waals surface area contributed by atoms with Crippen molar-refractivity contribution in [3.8, 4) is 0 Å². The number of nitrogens with one attached hydrogen (secondary N) is 1. The van der Waals surface area contributed by atoms with Gasteiger partial charge in [-0.15, -0.1) is 0 Å². The van der Waals surface area contributed by atoms with E-state index < -0.39 is 0 Å². The molecule has 0 atom stereocenters. The SMILES string of the molecule is CC.Cc1cnc2c(NCc3ccnn3C)cc(Cl)nn12. The van der Waals surface area contributed by atoms with Gasteiger partial charge in [0.2, 0.25) is 0 Å². The van der Waals surface area contributed by atoms with Crippen molar-refractivity contribution in [1.29, 1.82) is 0 Å². The first kappa shape index (κ1) is 15.3. The zero-order chi connectivity index (χ0) is 15.4. The number of imidazole rings is 1. The molecular weight excluding hydrogens is 288 g/mol. The summed E-state index contributed by atoms with van der Waals surface area (Å²) >= 11 is 6.03. The molecule has 0 aliphatic rings. The van der Waals surface area contributed by atoms with E-state index in [1.807, 2.05) is 38.6 Å². The van der Waals surface area contributed by atoms with Gasteiger partial charge in [0, 0.05) is 19.3 Å². The number of nitrogens with zero attached hydrogens (tertiary/aromatic N) is 5. The molecule has 0 aliphatic carbocycles. The molecule has 21 heavy (non-hydrogen) atoms. The van der Waals surface area contributed by atoms with Gasteiger partial charge in [0.05, 0.1) is 29.8 Å². The van der Waals surface area contributed by atoms with E-state index in [2.05, 4.69) is 20.5 Å². The van der Waals surface area contributed by atoms with Crippen molar-refractivity contribution in [3.05, 3.63) is 41.1 Å². The summed E-state index contributed by atoms with van der Waals surface area (Å²) in [6, 6.07) is 3.74. The van der Waals surface area contributed by atoms with Crippen LogP contribution in [0, 0.1) is 6.92 Å². The van der Waals surface area contributed by atoms with Crippen LogP contribution >= 0.6 is 11.6 Å². The Balaban J connectivity index is 0.000000774. The first-order chi connectivity index (χ1) is 10.1. The van der Waals surface area contributed by atoms with E-state index in [4.69, 9.17) is 11.6 Å². The van der Waals surface area contributed by atoms with Crippen molar-refractivity contribution < 1.29 is 0 Å². The maximum atomic E-state index is 6.03. The van der Waals surface area contributed by atoms with E-state index in [0.29, 0.717) is 11.7 Å². The standard InChI is InChI=1S/C12H13ClN6.C2H6/c1-8-6-15-12-10(5-11(13)17-19(8)12)14-7-9-3-4-16-18(9)2;1-2/h3-6,14H,7H2,1-2H3;1-2H3. The lowest BCUT2D eigenvalue weighted by Crippen LogP contribution is -2.07. The number of hydrogen-bond donors (Lipinski definition) is 1. The van der Waals surface area contributed by atoms with Crippen LogP contribution in [0.15, 0.2) is 24.5 Å². The highest BCUT2D eigenvalue weighted by atomic mass is 35.5. The molecule has 0 amide bonds. The number of hydrogen-bond acceptors (Lipinski definition) is 4. The highest BCUT2D eigenvalue weighted by Crippen LogP contribution is 2.20. The van der Waals surface area contributed by atoms with Gasteiger partial charge in [-0.3, -0.25) is 4.68 Å². The minimum absolute atomic E-state index is 0.432. The first-order valence-electron chi connectivity index (χ1n) is 6.87. The summed E-state index contributed by atoms with van der Waals surface area (Å²) < 4.78 is 3.55. The zero-order valence-electron chi connectivity index (χ0n) is 12.6. The quantitative estimate of drug-likeness (QED) is 0.808. The van der Waals surface area contributed by atoms with Crippen molar-refractivity contribution in [2.45, 2.75) is 27.3 Å². The minimum atomic E-state index is 0.432. The topological polar surface area (TPSA) is 60.0 Å². The van der Waals surface area contributed by atoms with Crippen LogP contribution in [-0.4, -0.2) is 24.4 Å². The number of halogens is 1. The summed E-state index contributed by atoms with van der Waals surface area (Å²) in [5, 5.41) is 12.1. The van der Waals surface area contributed by atoms with E-state index in [1.54, 1.807) is 23.0 Å². The van der Waals surface area contributed by atoms with Gasteiger partial charge in [-0.2, -0.15) is 10.2 Å². The summed E-state index contributed by atoms with van der Waals surface area (Å²) in [4.78, 5) is 4.34. The van der Waals surface area contributed by atoms with Crippen molar-refractivity contribution >= 4 is 22.9 Å². The summed E-state index contributed by atoms with van der Waals surface area (Å²) in [7, 11) is 1.91. The fourth-order valence-electron chi connectivity index (χ4n) is 1.94. The van der Waals surface area contributed by atoms with E-state index >= 15 is 0 Å². The summed E-state index contributed by atoms with van der Waals surface area (Å²) in [6.45, 7) is 6.59. The first-order valence-corrected chi connectivity index (χ1v) is 7.24. The van der Waals surface area contributed by atoms with Crippen LogP contribution in [0.5, 0.6) is 0 Å². The molecule has 0 fully saturated rings. The summed E-state index contributed by atoms with van der Waals surface area (Å²) in [6.07, 6.45) is 3.54. The molecule has 112 valence electrons. The van der Waals surface area contributed by atoms with Crippen LogP contribution in [-0.2, 0) is 13.6 Å². The van der Waals surface area contributed by atoms with Gasteiger partial charge in [-0.05, 0) is 13.0 Å². The summed E-state index contributed by atoms with van der Waals surface area (Å²) in [5.41, 5.74) is 3.65. The normalized spacial score (nSPS) is 10.3. The number of rotatable bonds is 3. The van der Waals surface area contributed by atoms with Gasteiger partial charge >= 0.3 is 0 Å². The predicted molar refractivity (Wildman–Crippen MR) is 84.6 cm³/mol. The van der Waals surface area contributed by atoms with E-state index in [0.717, 1.165) is 22.7 Å². The average Bonchev–Trinajstić information content (AvgIpc) is 3.06. The second kappa shape index (κ2) is 6.58. The number of aryl methyl sites for hydroxylation is 2.